The molecule has 0 amide bonds. The number of nitrogens with zero attached hydrogens (tertiary/aromatic N) is 4. The number of nitrogens with one attached hydrogen (secondary N) is 1. The maximum absolute atomic E-state index is 4.63. The zero-order valence-corrected chi connectivity index (χ0v) is 12.7. The summed E-state index contributed by atoms with van der Waals surface area (Å²) < 4.78 is 0. The molecule has 0 radical (unpaired) electrons. The summed E-state index contributed by atoms with van der Waals surface area (Å²) in [6.45, 7) is 3.09. The summed E-state index contributed by atoms with van der Waals surface area (Å²) in [4.78, 5) is 15.7. The van der Waals surface area contributed by atoms with Gasteiger partial charge in [0.2, 0.25) is 0 Å². The summed E-state index contributed by atoms with van der Waals surface area (Å²) in [5.41, 5.74) is 1.11. The Balaban J connectivity index is 1.86. The van der Waals surface area contributed by atoms with Crippen molar-refractivity contribution in [1.82, 2.24) is 19.9 Å². The van der Waals surface area contributed by atoms with Gasteiger partial charge in [0.05, 0.1) is 11.7 Å². The molecule has 20 heavy (non-hydrogen) atoms. The van der Waals surface area contributed by atoms with E-state index in [2.05, 4.69) is 38.3 Å². The minimum absolute atomic E-state index is 0.405. The monoisotopic (exact) mass is 289 g/mol. The molecule has 1 atom stereocenters. The molecule has 1 N–H and O–H groups in total. The Hall–Kier alpha value is -1.53. The molecule has 1 aliphatic heterocycles. The number of aryl methyl sites for hydroxylation is 1. The van der Waals surface area contributed by atoms with Gasteiger partial charge in [-0.3, -0.25) is 4.90 Å². The van der Waals surface area contributed by atoms with Crippen molar-refractivity contribution in [1.29, 1.82) is 0 Å². The van der Waals surface area contributed by atoms with Crippen molar-refractivity contribution < 1.29 is 0 Å². The van der Waals surface area contributed by atoms with E-state index in [4.69, 9.17) is 0 Å². The van der Waals surface area contributed by atoms with Crippen molar-refractivity contribution in [2.75, 3.05) is 18.9 Å². The van der Waals surface area contributed by atoms with Crippen molar-refractivity contribution >= 4 is 22.3 Å². The van der Waals surface area contributed by atoms with Crippen LogP contribution in [-0.2, 0) is 0 Å². The van der Waals surface area contributed by atoms with Crippen molar-refractivity contribution in [3.63, 3.8) is 0 Å². The molecule has 1 aliphatic rings. The van der Waals surface area contributed by atoms with Gasteiger partial charge in [0.15, 0.2) is 5.13 Å². The lowest BCUT2D eigenvalue weighted by molar-refractivity contribution is 0.183. The fourth-order valence-electron chi connectivity index (χ4n) is 2.67. The van der Waals surface area contributed by atoms with Crippen LogP contribution in [0, 0.1) is 6.92 Å². The van der Waals surface area contributed by atoms with Crippen LogP contribution in [0.5, 0.6) is 0 Å². The molecule has 0 bridgehead atoms. The first kappa shape index (κ1) is 13.5. The molecule has 2 aromatic heterocycles. The highest BCUT2D eigenvalue weighted by Gasteiger charge is 2.22. The normalized spacial score (nSPS) is 20.0. The SMILES string of the molecule is Cc1nc(Nc2nccs2)cc([C@H]2CCCCN2C)n1. The smallest absolute Gasteiger partial charge is 0.188 e. The van der Waals surface area contributed by atoms with Crippen molar-refractivity contribution in [2.24, 2.45) is 0 Å². The Kier molecular flexibility index (Phi) is 3.93. The summed E-state index contributed by atoms with van der Waals surface area (Å²) in [6.07, 6.45) is 5.51. The topological polar surface area (TPSA) is 53.9 Å². The van der Waals surface area contributed by atoms with E-state index in [9.17, 15) is 0 Å². The second-order valence-corrected chi connectivity index (χ2v) is 6.07. The number of hydrogen-bond donors (Lipinski definition) is 1. The molecular formula is C14H19N5S. The first-order chi connectivity index (χ1) is 9.72. The van der Waals surface area contributed by atoms with Crippen LogP contribution < -0.4 is 5.32 Å². The van der Waals surface area contributed by atoms with E-state index in [0.717, 1.165) is 29.0 Å². The average molecular weight is 289 g/mol. The van der Waals surface area contributed by atoms with E-state index in [-0.39, 0.29) is 0 Å². The van der Waals surface area contributed by atoms with E-state index in [1.807, 2.05) is 12.3 Å². The predicted octanol–water partition coefficient (Wildman–Crippen LogP) is 3.14. The van der Waals surface area contributed by atoms with Gasteiger partial charge in [-0.2, -0.15) is 0 Å². The van der Waals surface area contributed by atoms with Gasteiger partial charge in [0, 0.05) is 17.6 Å². The van der Waals surface area contributed by atoms with Crippen LogP contribution in [0.1, 0.15) is 36.8 Å². The molecular weight excluding hydrogens is 270 g/mol. The summed E-state index contributed by atoms with van der Waals surface area (Å²) in [6, 6.07) is 2.46. The average Bonchev–Trinajstić information content (AvgIpc) is 2.91. The van der Waals surface area contributed by atoms with Gasteiger partial charge in [-0.15, -0.1) is 11.3 Å². The van der Waals surface area contributed by atoms with Crippen LogP contribution in [0.15, 0.2) is 17.6 Å². The molecule has 0 aromatic carbocycles. The van der Waals surface area contributed by atoms with Gasteiger partial charge in [0.25, 0.3) is 0 Å². The van der Waals surface area contributed by atoms with Crippen LogP contribution in [0.25, 0.3) is 0 Å². The molecule has 0 spiro atoms. The fraction of sp³-hybridized carbons (Fsp3) is 0.500. The highest BCUT2D eigenvalue weighted by molar-refractivity contribution is 7.13. The van der Waals surface area contributed by atoms with Crippen LogP contribution in [0.4, 0.5) is 10.9 Å². The number of aromatic nitrogens is 3. The van der Waals surface area contributed by atoms with E-state index in [1.165, 1.54) is 19.3 Å². The molecule has 1 fully saturated rings. The zero-order valence-electron chi connectivity index (χ0n) is 11.8. The summed E-state index contributed by atoms with van der Waals surface area (Å²) in [5.74, 6) is 1.64. The van der Waals surface area contributed by atoms with Gasteiger partial charge in [-0.1, -0.05) is 6.42 Å². The van der Waals surface area contributed by atoms with E-state index < -0.39 is 0 Å². The minimum Gasteiger partial charge on any atom is -0.316 e. The number of likely N-dealkylation sites (tertiary alicyclic amines) is 1. The molecule has 106 valence electrons. The Morgan fingerprint density at radius 2 is 2.25 bits per heavy atom. The van der Waals surface area contributed by atoms with Crippen LogP contribution >= 0.6 is 11.3 Å². The lowest BCUT2D eigenvalue weighted by Gasteiger charge is -2.32. The molecule has 6 heteroatoms. The Bertz CT molecular complexity index is 569. The zero-order chi connectivity index (χ0) is 13.9. The molecule has 0 saturated carbocycles. The van der Waals surface area contributed by atoms with E-state index in [1.54, 1.807) is 17.5 Å². The molecule has 0 unspecified atom stereocenters. The highest BCUT2D eigenvalue weighted by atomic mass is 32.1. The van der Waals surface area contributed by atoms with E-state index >= 15 is 0 Å². The predicted molar refractivity (Wildman–Crippen MR) is 81.4 cm³/mol. The van der Waals surface area contributed by atoms with Gasteiger partial charge >= 0.3 is 0 Å². The molecule has 3 rings (SSSR count). The largest absolute Gasteiger partial charge is 0.316 e. The molecule has 2 aromatic rings. The Morgan fingerprint density at radius 3 is 3.00 bits per heavy atom. The Morgan fingerprint density at radius 1 is 1.35 bits per heavy atom. The van der Waals surface area contributed by atoms with E-state index in [0.29, 0.717) is 6.04 Å². The van der Waals surface area contributed by atoms with Gasteiger partial charge in [-0.25, -0.2) is 15.0 Å². The third-order valence-electron chi connectivity index (χ3n) is 3.64. The molecule has 1 saturated heterocycles. The van der Waals surface area contributed by atoms with Crippen molar-refractivity contribution in [2.45, 2.75) is 32.2 Å². The minimum atomic E-state index is 0.405. The molecule has 3 heterocycles. The standard InChI is InChI=1S/C14H19N5S/c1-10-16-11(12-5-3-4-7-19(12)2)9-13(17-10)18-14-15-6-8-20-14/h6,8-9,12H,3-5,7H2,1-2H3,(H,15,16,17,18)/t12-/m1/s1. The van der Waals surface area contributed by atoms with Crippen molar-refractivity contribution in [3.05, 3.63) is 29.2 Å². The first-order valence-electron chi connectivity index (χ1n) is 6.95. The number of anilines is 2. The van der Waals surface area contributed by atoms with Gasteiger partial charge < -0.3 is 5.32 Å². The number of hydrogen-bond acceptors (Lipinski definition) is 6. The van der Waals surface area contributed by atoms with Crippen LogP contribution in [0.2, 0.25) is 0 Å². The number of rotatable bonds is 3. The third kappa shape index (κ3) is 2.96. The third-order valence-corrected chi connectivity index (χ3v) is 4.33. The number of thiazole rings is 1. The second-order valence-electron chi connectivity index (χ2n) is 5.18. The lowest BCUT2D eigenvalue weighted by atomic mass is 10.00. The second kappa shape index (κ2) is 5.85. The first-order valence-corrected chi connectivity index (χ1v) is 7.82. The fourth-order valence-corrected chi connectivity index (χ4v) is 3.20. The van der Waals surface area contributed by atoms with Gasteiger partial charge in [0.1, 0.15) is 11.6 Å². The Labute approximate surface area is 123 Å². The maximum atomic E-state index is 4.63. The summed E-state index contributed by atoms with van der Waals surface area (Å²) >= 11 is 1.57. The van der Waals surface area contributed by atoms with Crippen molar-refractivity contribution in [3.8, 4) is 0 Å². The van der Waals surface area contributed by atoms with Crippen LogP contribution in [0.3, 0.4) is 0 Å². The highest BCUT2D eigenvalue weighted by Crippen LogP contribution is 2.29. The van der Waals surface area contributed by atoms with Crippen LogP contribution in [-0.4, -0.2) is 33.4 Å². The van der Waals surface area contributed by atoms with Gasteiger partial charge in [-0.05, 0) is 33.4 Å². The number of piperidine rings is 1. The lowest BCUT2D eigenvalue weighted by Crippen LogP contribution is -2.30. The maximum Gasteiger partial charge on any atom is 0.188 e. The summed E-state index contributed by atoms with van der Waals surface area (Å²) in [7, 11) is 2.18. The quantitative estimate of drug-likeness (QED) is 0.940. The molecule has 0 aliphatic carbocycles. The summed E-state index contributed by atoms with van der Waals surface area (Å²) in [5, 5.41) is 6.07. The molecule has 5 nitrogen and oxygen atoms in total.